The summed E-state index contributed by atoms with van der Waals surface area (Å²) in [7, 11) is 0. The molecule has 0 amide bonds. The topological polar surface area (TPSA) is 84.6 Å². The second-order valence-corrected chi connectivity index (χ2v) is 2.61. The second-order valence-electron chi connectivity index (χ2n) is 1.69. The number of amidine groups is 1. The quantitative estimate of drug-likeness (QED) is 0.239. The molecule has 1 aromatic heterocycles. The number of rotatable bonds is 1. The highest BCUT2D eigenvalue weighted by molar-refractivity contribution is 7.12. The van der Waals surface area contributed by atoms with Gasteiger partial charge in [-0.3, -0.25) is 0 Å². The fourth-order valence-corrected chi connectivity index (χ4v) is 1.29. The first-order valence-corrected chi connectivity index (χ1v) is 3.44. The van der Waals surface area contributed by atoms with Crippen molar-refractivity contribution in [3.05, 3.63) is 16.3 Å². The van der Waals surface area contributed by atoms with E-state index in [0.717, 1.165) is 0 Å². The van der Waals surface area contributed by atoms with Crippen molar-refractivity contribution in [1.82, 2.24) is 0 Å². The van der Waals surface area contributed by atoms with Gasteiger partial charge < -0.3 is 16.7 Å². The van der Waals surface area contributed by atoms with Crippen LogP contribution in [0.3, 0.4) is 0 Å². The molecule has 0 aliphatic carbocycles. The molecule has 0 saturated carbocycles. The molecule has 0 aliphatic heterocycles. The molecule has 1 aromatic rings. The third-order valence-electron chi connectivity index (χ3n) is 1.04. The molecule has 0 unspecified atom stereocenters. The van der Waals surface area contributed by atoms with Gasteiger partial charge >= 0.3 is 0 Å². The predicted octanol–water partition coefficient (Wildman–Crippen LogP) is 0.425. The molecule has 5 N–H and O–H groups in total. The Labute approximate surface area is 61.8 Å². The average Bonchev–Trinajstić information content (AvgIpc) is 2.34. The van der Waals surface area contributed by atoms with Crippen LogP contribution in [0.25, 0.3) is 0 Å². The molecule has 10 heavy (non-hydrogen) atoms. The summed E-state index contributed by atoms with van der Waals surface area (Å²) in [6.07, 6.45) is 0. The molecule has 0 spiro atoms. The van der Waals surface area contributed by atoms with Crippen LogP contribution < -0.4 is 11.5 Å². The van der Waals surface area contributed by atoms with Crippen molar-refractivity contribution in [3.63, 3.8) is 0 Å². The minimum Gasteiger partial charge on any atom is -0.409 e. The summed E-state index contributed by atoms with van der Waals surface area (Å²) < 4.78 is 0. The van der Waals surface area contributed by atoms with Crippen LogP contribution >= 0.6 is 11.3 Å². The summed E-state index contributed by atoms with van der Waals surface area (Å²) in [6.45, 7) is 0. The summed E-state index contributed by atoms with van der Waals surface area (Å²) in [5.74, 6) is 0.0625. The standard InChI is InChI=1S/C5H7N3OS/c6-3-1-2-10-4(3)5(7)8-9/h1-2,9H,6H2,(H2,7,8). The van der Waals surface area contributed by atoms with Crippen LogP contribution in [0.4, 0.5) is 5.69 Å². The SMILES string of the molecule is NC(=NO)c1sccc1N. The van der Waals surface area contributed by atoms with Crippen LogP contribution in [0.1, 0.15) is 4.88 Å². The smallest absolute Gasteiger partial charge is 0.182 e. The lowest BCUT2D eigenvalue weighted by Gasteiger charge is -1.92. The Morgan fingerprint density at radius 2 is 2.40 bits per heavy atom. The lowest BCUT2D eigenvalue weighted by Crippen LogP contribution is -2.12. The molecule has 0 fully saturated rings. The van der Waals surface area contributed by atoms with Crippen molar-refractivity contribution in [2.24, 2.45) is 10.9 Å². The highest BCUT2D eigenvalue weighted by Gasteiger charge is 2.03. The van der Waals surface area contributed by atoms with E-state index in [0.29, 0.717) is 10.6 Å². The van der Waals surface area contributed by atoms with Gasteiger partial charge in [0.15, 0.2) is 5.84 Å². The number of hydrogen-bond donors (Lipinski definition) is 3. The van der Waals surface area contributed by atoms with E-state index in [4.69, 9.17) is 16.7 Å². The van der Waals surface area contributed by atoms with Gasteiger partial charge in [-0.15, -0.1) is 11.3 Å². The van der Waals surface area contributed by atoms with Gasteiger partial charge in [0, 0.05) is 0 Å². The summed E-state index contributed by atoms with van der Waals surface area (Å²) >= 11 is 1.34. The second kappa shape index (κ2) is 2.57. The van der Waals surface area contributed by atoms with Gasteiger partial charge in [-0.25, -0.2) is 0 Å². The molecule has 0 aromatic carbocycles. The third-order valence-corrected chi connectivity index (χ3v) is 1.99. The lowest BCUT2D eigenvalue weighted by atomic mass is 10.4. The van der Waals surface area contributed by atoms with Gasteiger partial charge in [0.25, 0.3) is 0 Å². The Morgan fingerprint density at radius 3 is 2.80 bits per heavy atom. The maximum atomic E-state index is 8.25. The summed E-state index contributed by atoms with van der Waals surface area (Å²) in [4.78, 5) is 0.613. The number of anilines is 1. The van der Waals surface area contributed by atoms with Gasteiger partial charge in [-0.05, 0) is 11.4 Å². The van der Waals surface area contributed by atoms with E-state index in [9.17, 15) is 0 Å². The molecular weight excluding hydrogens is 150 g/mol. The largest absolute Gasteiger partial charge is 0.409 e. The van der Waals surface area contributed by atoms with Gasteiger partial charge in [0.05, 0.1) is 10.6 Å². The molecule has 5 heteroatoms. The number of nitrogens with two attached hydrogens (primary N) is 2. The normalized spacial score (nSPS) is 11.8. The monoisotopic (exact) mass is 157 g/mol. The molecule has 0 aliphatic rings. The minimum absolute atomic E-state index is 0.0625. The summed E-state index contributed by atoms with van der Waals surface area (Å²) in [5.41, 5.74) is 11.3. The first-order valence-electron chi connectivity index (χ1n) is 2.56. The van der Waals surface area contributed by atoms with E-state index in [1.54, 1.807) is 11.4 Å². The average molecular weight is 157 g/mol. The van der Waals surface area contributed by atoms with Crippen LogP contribution in [-0.2, 0) is 0 Å². The van der Waals surface area contributed by atoms with Gasteiger partial charge in [0.2, 0.25) is 0 Å². The zero-order chi connectivity index (χ0) is 7.56. The van der Waals surface area contributed by atoms with Crippen molar-refractivity contribution in [2.45, 2.75) is 0 Å². The van der Waals surface area contributed by atoms with Gasteiger partial charge in [-0.1, -0.05) is 5.16 Å². The number of thiophene rings is 1. The molecule has 1 heterocycles. The van der Waals surface area contributed by atoms with Crippen LogP contribution in [0.5, 0.6) is 0 Å². The Bertz CT molecular complexity index is 255. The fraction of sp³-hybridized carbons (Fsp3) is 0. The van der Waals surface area contributed by atoms with Gasteiger partial charge in [0.1, 0.15) is 0 Å². The zero-order valence-corrected chi connectivity index (χ0v) is 5.93. The van der Waals surface area contributed by atoms with E-state index >= 15 is 0 Å². The lowest BCUT2D eigenvalue weighted by molar-refractivity contribution is 0.319. The number of nitrogens with zero attached hydrogens (tertiary/aromatic N) is 1. The maximum absolute atomic E-state index is 8.25. The highest BCUT2D eigenvalue weighted by Crippen LogP contribution is 2.17. The molecule has 0 saturated heterocycles. The Morgan fingerprint density at radius 1 is 1.70 bits per heavy atom. The zero-order valence-electron chi connectivity index (χ0n) is 5.11. The number of oxime groups is 1. The molecular formula is C5H7N3OS. The Hall–Kier alpha value is -1.23. The Kier molecular flexibility index (Phi) is 1.77. The van der Waals surface area contributed by atoms with E-state index in [-0.39, 0.29) is 5.84 Å². The first-order chi connectivity index (χ1) is 4.75. The van der Waals surface area contributed by atoms with E-state index in [1.807, 2.05) is 0 Å². The van der Waals surface area contributed by atoms with Gasteiger partial charge in [-0.2, -0.15) is 0 Å². The molecule has 4 nitrogen and oxygen atoms in total. The Balaban J connectivity index is 3.05. The van der Waals surface area contributed by atoms with E-state index < -0.39 is 0 Å². The van der Waals surface area contributed by atoms with Crippen LogP contribution in [-0.4, -0.2) is 11.0 Å². The fourth-order valence-electron chi connectivity index (χ4n) is 0.573. The molecule has 1 rings (SSSR count). The number of nitrogen functional groups attached to an aromatic ring is 1. The molecule has 0 atom stereocenters. The van der Waals surface area contributed by atoms with Crippen molar-refractivity contribution < 1.29 is 5.21 Å². The maximum Gasteiger partial charge on any atom is 0.182 e. The summed E-state index contributed by atoms with van der Waals surface area (Å²) in [5, 5.41) is 12.8. The van der Waals surface area contributed by atoms with E-state index in [2.05, 4.69) is 5.16 Å². The predicted molar refractivity (Wildman–Crippen MR) is 41.2 cm³/mol. The van der Waals surface area contributed by atoms with Crippen molar-refractivity contribution in [2.75, 3.05) is 5.73 Å². The minimum atomic E-state index is 0.0625. The van der Waals surface area contributed by atoms with Crippen LogP contribution in [0.2, 0.25) is 0 Å². The number of hydrogen-bond acceptors (Lipinski definition) is 4. The molecule has 0 radical (unpaired) electrons. The first kappa shape index (κ1) is 6.88. The van der Waals surface area contributed by atoms with Crippen molar-refractivity contribution in [1.29, 1.82) is 0 Å². The van der Waals surface area contributed by atoms with Crippen molar-refractivity contribution >= 4 is 22.9 Å². The highest BCUT2D eigenvalue weighted by atomic mass is 32.1. The molecule has 54 valence electrons. The van der Waals surface area contributed by atoms with E-state index in [1.165, 1.54) is 11.3 Å². The summed E-state index contributed by atoms with van der Waals surface area (Å²) in [6, 6.07) is 1.71. The van der Waals surface area contributed by atoms with Crippen molar-refractivity contribution in [3.8, 4) is 0 Å². The molecule has 0 bridgehead atoms. The third kappa shape index (κ3) is 1.03. The van der Waals surface area contributed by atoms with Crippen LogP contribution in [0.15, 0.2) is 16.6 Å². The van der Waals surface area contributed by atoms with Crippen LogP contribution in [0, 0.1) is 0 Å².